The fourth-order valence-corrected chi connectivity index (χ4v) is 2.85. The third kappa shape index (κ3) is 3.25. The van der Waals surface area contributed by atoms with Gasteiger partial charge in [-0.1, -0.05) is 0 Å². The summed E-state index contributed by atoms with van der Waals surface area (Å²) in [6.45, 7) is 6.96. The van der Waals surface area contributed by atoms with Crippen molar-refractivity contribution in [3.8, 4) is 0 Å². The van der Waals surface area contributed by atoms with Crippen molar-refractivity contribution in [1.82, 2.24) is 4.98 Å². The molecule has 1 aromatic rings. The smallest absolute Gasteiger partial charge is 0.134 e. The minimum absolute atomic E-state index is 0.0620. The van der Waals surface area contributed by atoms with Gasteiger partial charge in [0.2, 0.25) is 0 Å². The van der Waals surface area contributed by atoms with Crippen molar-refractivity contribution in [3.63, 3.8) is 0 Å². The second-order valence-electron chi connectivity index (χ2n) is 5.43. The summed E-state index contributed by atoms with van der Waals surface area (Å²) in [5, 5.41) is 9.57. The average molecular weight is 264 g/mol. The van der Waals surface area contributed by atoms with Crippen LogP contribution < -0.4 is 4.90 Å². The molecule has 1 saturated heterocycles. The second-order valence-corrected chi connectivity index (χ2v) is 5.43. The lowest BCUT2D eigenvalue weighted by molar-refractivity contribution is 0.139. The summed E-state index contributed by atoms with van der Waals surface area (Å²) in [7, 11) is 1.77. The molecule has 0 amide bonds. The number of aliphatic hydroxyl groups is 1. The third-order valence-corrected chi connectivity index (χ3v) is 3.93. The maximum absolute atomic E-state index is 9.57. The summed E-state index contributed by atoms with van der Waals surface area (Å²) >= 11 is 0. The highest BCUT2D eigenvalue weighted by Crippen LogP contribution is 2.27. The number of aryl methyl sites for hydroxylation is 2. The van der Waals surface area contributed by atoms with E-state index in [4.69, 9.17) is 4.74 Å². The van der Waals surface area contributed by atoms with E-state index in [1.165, 1.54) is 0 Å². The molecule has 0 radical (unpaired) electrons. The normalized spacial score (nSPS) is 16.9. The monoisotopic (exact) mass is 264 g/mol. The Morgan fingerprint density at radius 2 is 2.05 bits per heavy atom. The van der Waals surface area contributed by atoms with Crippen LogP contribution in [0.4, 0.5) is 5.82 Å². The maximum atomic E-state index is 9.57. The van der Waals surface area contributed by atoms with Crippen molar-refractivity contribution in [2.45, 2.75) is 33.3 Å². The van der Waals surface area contributed by atoms with Gasteiger partial charge in [0.1, 0.15) is 5.82 Å². The zero-order chi connectivity index (χ0) is 13.8. The largest absolute Gasteiger partial charge is 0.392 e. The number of methoxy groups -OCH3 is 1. The van der Waals surface area contributed by atoms with E-state index in [0.29, 0.717) is 5.92 Å². The van der Waals surface area contributed by atoms with E-state index in [2.05, 4.69) is 9.88 Å². The van der Waals surface area contributed by atoms with Gasteiger partial charge in [0.25, 0.3) is 0 Å². The molecule has 1 aromatic heterocycles. The van der Waals surface area contributed by atoms with Crippen molar-refractivity contribution in [2.24, 2.45) is 5.92 Å². The molecule has 0 spiro atoms. The summed E-state index contributed by atoms with van der Waals surface area (Å²) < 4.78 is 5.23. The standard InChI is InChI=1S/C15H24N2O2/c1-11-8-12(2)16-15(14(11)9-18)17-6-4-13(5-7-17)10-19-3/h8,13,18H,4-7,9-10H2,1-3H3. The highest BCUT2D eigenvalue weighted by molar-refractivity contribution is 5.51. The molecule has 4 heteroatoms. The Labute approximate surface area is 115 Å². The lowest BCUT2D eigenvalue weighted by Crippen LogP contribution is -2.36. The van der Waals surface area contributed by atoms with Crippen LogP contribution in [0.5, 0.6) is 0 Å². The first-order chi connectivity index (χ1) is 9.15. The number of pyridine rings is 1. The Balaban J connectivity index is 2.15. The van der Waals surface area contributed by atoms with Gasteiger partial charge in [-0.05, 0) is 44.2 Å². The van der Waals surface area contributed by atoms with Gasteiger partial charge in [-0.25, -0.2) is 4.98 Å². The molecule has 0 unspecified atom stereocenters. The van der Waals surface area contributed by atoms with E-state index >= 15 is 0 Å². The first kappa shape index (κ1) is 14.3. The van der Waals surface area contributed by atoms with Gasteiger partial charge < -0.3 is 14.7 Å². The number of rotatable bonds is 4. The topological polar surface area (TPSA) is 45.6 Å². The third-order valence-electron chi connectivity index (χ3n) is 3.93. The lowest BCUT2D eigenvalue weighted by atomic mass is 9.97. The summed E-state index contributed by atoms with van der Waals surface area (Å²) in [6.07, 6.45) is 2.26. The number of aromatic nitrogens is 1. The van der Waals surface area contributed by atoms with E-state index in [9.17, 15) is 5.11 Å². The Bertz CT molecular complexity index is 426. The number of aliphatic hydroxyl groups excluding tert-OH is 1. The second kappa shape index (κ2) is 6.35. The molecule has 106 valence electrons. The van der Waals surface area contributed by atoms with E-state index in [-0.39, 0.29) is 6.61 Å². The van der Waals surface area contributed by atoms with Gasteiger partial charge in [-0.3, -0.25) is 0 Å². The first-order valence-corrected chi connectivity index (χ1v) is 6.97. The zero-order valence-corrected chi connectivity index (χ0v) is 12.1. The minimum atomic E-state index is 0.0620. The first-order valence-electron chi connectivity index (χ1n) is 6.97. The molecular weight excluding hydrogens is 240 g/mol. The Morgan fingerprint density at radius 3 is 2.63 bits per heavy atom. The summed E-state index contributed by atoms with van der Waals surface area (Å²) in [4.78, 5) is 6.94. The maximum Gasteiger partial charge on any atom is 0.134 e. The molecular formula is C15H24N2O2. The number of hydrogen-bond donors (Lipinski definition) is 1. The molecule has 0 bridgehead atoms. The van der Waals surface area contributed by atoms with Gasteiger partial charge in [0, 0.05) is 38.1 Å². The number of ether oxygens (including phenoxy) is 1. The quantitative estimate of drug-likeness (QED) is 0.904. The van der Waals surface area contributed by atoms with Gasteiger partial charge >= 0.3 is 0 Å². The van der Waals surface area contributed by atoms with E-state index in [0.717, 1.165) is 55.2 Å². The molecule has 0 atom stereocenters. The van der Waals surface area contributed by atoms with Crippen LogP contribution in [0.2, 0.25) is 0 Å². The van der Waals surface area contributed by atoms with Crippen molar-refractivity contribution >= 4 is 5.82 Å². The van der Waals surface area contributed by atoms with Crippen LogP contribution in [0.3, 0.4) is 0 Å². The fraction of sp³-hybridized carbons (Fsp3) is 0.667. The predicted octanol–water partition coefficient (Wildman–Crippen LogP) is 2.05. The van der Waals surface area contributed by atoms with Crippen LogP contribution in [0.1, 0.15) is 29.7 Å². The molecule has 0 aromatic carbocycles. The zero-order valence-electron chi connectivity index (χ0n) is 12.1. The number of hydrogen-bond acceptors (Lipinski definition) is 4. The molecule has 4 nitrogen and oxygen atoms in total. The summed E-state index contributed by atoms with van der Waals surface area (Å²) in [5.41, 5.74) is 3.11. The van der Waals surface area contributed by atoms with E-state index < -0.39 is 0 Å². The molecule has 1 aliphatic rings. The number of anilines is 1. The van der Waals surface area contributed by atoms with Crippen molar-refractivity contribution in [3.05, 3.63) is 22.9 Å². The van der Waals surface area contributed by atoms with Crippen molar-refractivity contribution < 1.29 is 9.84 Å². The molecule has 1 fully saturated rings. The van der Waals surface area contributed by atoms with Gasteiger partial charge in [0.15, 0.2) is 0 Å². The molecule has 1 aliphatic heterocycles. The van der Waals surface area contributed by atoms with E-state index in [1.807, 2.05) is 19.9 Å². The molecule has 2 heterocycles. The highest BCUT2D eigenvalue weighted by atomic mass is 16.5. The predicted molar refractivity (Wildman–Crippen MR) is 76.4 cm³/mol. The Morgan fingerprint density at radius 1 is 1.37 bits per heavy atom. The lowest BCUT2D eigenvalue weighted by Gasteiger charge is -2.34. The van der Waals surface area contributed by atoms with Crippen molar-refractivity contribution in [2.75, 3.05) is 31.7 Å². The summed E-state index contributed by atoms with van der Waals surface area (Å²) in [6, 6.07) is 2.03. The molecule has 0 saturated carbocycles. The Kier molecular flexibility index (Phi) is 4.77. The van der Waals surface area contributed by atoms with Crippen LogP contribution in [-0.4, -0.2) is 36.9 Å². The van der Waals surface area contributed by atoms with Crippen LogP contribution in [0.15, 0.2) is 6.07 Å². The minimum Gasteiger partial charge on any atom is -0.392 e. The van der Waals surface area contributed by atoms with Gasteiger partial charge in [-0.2, -0.15) is 0 Å². The van der Waals surface area contributed by atoms with Crippen LogP contribution >= 0.6 is 0 Å². The fourth-order valence-electron chi connectivity index (χ4n) is 2.85. The highest BCUT2D eigenvalue weighted by Gasteiger charge is 2.22. The van der Waals surface area contributed by atoms with Crippen LogP contribution in [0.25, 0.3) is 0 Å². The summed E-state index contributed by atoms with van der Waals surface area (Å²) in [5.74, 6) is 1.63. The van der Waals surface area contributed by atoms with Crippen LogP contribution in [-0.2, 0) is 11.3 Å². The Hall–Kier alpha value is -1.13. The molecule has 0 aliphatic carbocycles. The molecule has 19 heavy (non-hydrogen) atoms. The number of nitrogens with zero attached hydrogens (tertiary/aromatic N) is 2. The van der Waals surface area contributed by atoms with Gasteiger partial charge in [-0.15, -0.1) is 0 Å². The molecule has 2 rings (SSSR count). The molecule has 1 N–H and O–H groups in total. The SMILES string of the molecule is COCC1CCN(c2nc(C)cc(C)c2CO)CC1. The van der Waals surface area contributed by atoms with Crippen LogP contribution in [0, 0.1) is 19.8 Å². The van der Waals surface area contributed by atoms with Gasteiger partial charge in [0.05, 0.1) is 6.61 Å². The van der Waals surface area contributed by atoms with Crippen molar-refractivity contribution in [1.29, 1.82) is 0 Å². The average Bonchev–Trinajstić information content (AvgIpc) is 2.39. The van der Waals surface area contributed by atoms with E-state index in [1.54, 1.807) is 7.11 Å². The number of piperidine rings is 1.